The number of rotatable bonds is 3. The Kier molecular flexibility index (Phi) is 5.44. The van der Waals surface area contributed by atoms with Gasteiger partial charge in [0, 0.05) is 36.5 Å². The van der Waals surface area contributed by atoms with E-state index >= 15 is 0 Å². The molecule has 3 nitrogen and oxygen atoms in total. The summed E-state index contributed by atoms with van der Waals surface area (Å²) in [7, 11) is 0. The highest BCUT2D eigenvalue weighted by Crippen LogP contribution is 2.44. The van der Waals surface area contributed by atoms with Crippen LogP contribution in [0.15, 0.2) is 126 Å². The van der Waals surface area contributed by atoms with Crippen molar-refractivity contribution in [2.45, 2.75) is 0 Å². The molecule has 0 N–H and O–H groups in total. The van der Waals surface area contributed by atoms with Gasteiger partial charge in [-0.15, -0.1) is 11.3 Å². The average molecular weight is 553 g/mol. The molecule has 0 fully saturated rings. The zero-order valence-electron chi connectivity index (χ0n) is 22.3. The molecule has 4 heteroatoms. The molecule has 0 radical (unpaired) electrons. The van der Waals surface area contributed by atoms with Gasteiger partial charge in [0.1, 0.15) is 23.3 Å². The van der Waals surface area contributed by atoms with E-state index in [1.807, 2.05) is 42.5 Å². The average Bonchev–Trinajstić information content (AvgIpc) is 3.62. The number of para-hydroxylation sites is 1. The maximum Gasteiger partial charge on any atom is 0.136 e. The van der Waals surface area contributed by atoms with Crippen LogP contribution in [0.1, 0.15) is 11.1 Å². The molecule has 42 heavy (non-hydrogen) atoms. The minimum Gasteiger partial charge on any atom is -0.456 e. The summed E-state index contributed by atoms with van der Waals surface area (Å²) in [6, 6.07) is 45.7. The van der Waals surface area contributed by atoms with Gasteiger partial charge >= 0.3 is 0 Å². The molecule has 2 heterocycles. The Labute approximate surface area is 245 Å². The van der Waals surface area contributed by atoms with E-state index in [1.54, 1.807) is 17.4 Å². The first-order chi connectivity index (χ1) is 20.7. The molecule has 0 atom stereocenters. The van der Waals surface area contributed by atoms with Crippen molar-refractivity contribution in [2.24, 2.45) is 0 Å². The van der Waals surface area contributed by atoms with Crippen LogP contribution in [0.5, 0.6) is 0 Å². The van der Waals surface area contributed by atoms with Crippen LogP contribution in [0.3, 0.4) is 0 Å². The Morgan fingerprint density at radius 1 is 0.500 bits per heavy atom. The van der Waals surface area contributed by atoms with Gasteiger partial charge < -0.3 is 4.42 Å². The monoisotopic (exact) mass is 552 g/mol. The normalized spacial score (nSPS) is 11.3. The molecule has 194 valence electrons. The van der Waals surface area contributed by atoms with Gasteiger partial charge in [-0.1, -0.05) is 72.8 Å². The van der Waals surface area contributed by atoms with Crippen LogP contribution in [-0.4, -0.2) is 0 Å². The first-order valence-corrected chi connectivity index (χ1v) is 14.4. The number of hydrogen-bond acceptors (Lipinski definition) is 4. The second-order valence-corrected chi connectivity index (χ2v) is 11.4. The summed E-state index contributed by atoms with van der Waals surface area (Å²) in [5.41, 5.74) is 8.31. The van der Waals surface area contributed by atoms with Gasteiger partial charge in [0.05, 0.1) is 11.1 Å². The standard InChI is InChI=1S/C38H20N2OS/c39-21-23-8-5-11-27(32(23)22-40)24-18-25(28-12-6-15-34-37(28)30-9-1-3-14-33(30)41-34)20-26(19-24)29-13-7-17-36-38(29)31-10-2-4-16-35(31)42-36/h1-20H. The molecule has 0 saturated carbocycles. The molecule has 0 aliphatic heterocycles. The number of benzene rings is 6. The summed E-state index contributed by atoms with van der Waals surface area (Å²) in [4.78, 5) is 0. The molecule has 0 aliphatic rings. The van der Waals surface area contributed by atoms with Gasteiger partial charge in [0.2, 0.25) is 0 Å². The van der Waals surface area contributed by atoms with Crippen LogP contribution in [0.2, 0.25) is 0 Å². The van der Waals surface area contributed by atoms with E-state index in [1.165, 1.54) is 20.2 Å². The van der Waals surface area contributed by atoms with Crippen molar-refractivity contribution in [3.63, 3.8) is 0 Å². The predicted octanol–water partition coefficient (Wildman–Crippen LogP) is 10.7. The van der Waals surface area contributed by atoms with E-state index in [9.17, 15) is 10.5 Å². The summed E-state index contributed by atoms with van der Waals surface area (Å²) in [6.07, 6.45) is 0. The van der Waals surface area contributed by atoms with Crippen LogP contribution in [0, 0.1) is 22.7 Å². The lowest BCUT2D eigenvalue weighted by atomic mass is 9.88. The van der Waals surface area contributed by atoms with Crippen LogP contribution in [0.4, 0.5) is 0 Å². The van der Waals surface area contributed by atoms with Crippen LogP contribution >= 0.6 is 11.3 Å². The molecular formula is C38H20N2OS. The zero-order chi connectivity index (χ0) is 28.2. The van der Waals surface area contributed by atoms with Crippen molar-refractivity contribution in [3.8, 4) is 45.5 Å². The van der Waals surface area contributed by atoms with Crippen molar-refractivity contribution in [1.29, 1.82) is 10.5 Å². The fraction of sp³-hybridized carbons (Fsp3) is 0. The molecule has 0 amide bonds. The van der Waals surface area contributed by atoms with Crippen molar-refractivity contribution >= 4 is 53.4 Å². The summed E-state index contributed by atoms with van der Waals surface area (Å²) in [5, 5.41) is 24.5. The second-order valence-electron chi connectivity index (χ2n) is 10.3. The lowest BCUT2D eigenvalue weighted by Gasteiger charge is -2.14. The van der Waals surface area contributed by atoms with E-state index in [0.717, 1.165) is 55.3 Å². The number of nitrogens with zero attached hydrogens (tertiary/aromatic N) is 2. The van der Waals surface area contributed by atoms with E-state index in [4.69, 9.17) is 4.42 Å². The number of nitriles is 2. The topological polar surface area (TPSA) is 60.7 Å². The highest BCUT2D eigenvalue weighted by Gasteiger charge is 2.18. The number of furan rings is 1. The predicted molar refractivity (Wildman–Crippen MR) is 172 cm³/mol. The Bertz CT molecular complexity index is 2320. The van der Waals surface area contributed by atoms with Gasteiger partial charge in [-0.25, -0.2) is 0 Å². The lowest BCUT2D eigenvalue weighted by molar-refractivity contribution is 0.669. The van der Waals surface area contributed by atoms with Crippen molar-refractivity contribution in [2.75, 3.05) is 0 Å². The zero-order valence-corrected chi connectivity index (χ0v) is 23.1. The maximum absolute atomic E-state index is 10.1. The van der Waals surface area contributed by atoms with Gasteiger partial charge in [0.15, 0.2) is 0 Å². The molecule has 0 aliphatic carbocycles. The van der Waals surface area contributed by atoms with Gasteiger partial charge in [-0.3, -0.25) is 0 Å². The van der Waals surface area contributed by atoms with Crippen molar-refractivity contribution in [1.82, 2.24) is 0 Å². The summed E-state index contributed by atoms with van der Waals surface area (Å²) < 4.78 is 8.71. The largest absolute Gasteiger partial charge is 0.456 e. The van der Waals surface area contributed by atoms with E-state index in [2.05, 4.69) is 84.9 Å². The highest BCUT2D eigenvalue weighted by atomic mass is 32.1. The first kappa shape index (κ1) is 24.1. The highest BCUT2D eigenvalue weighted by molar-refractivity contribution is 7.25. The molecule has 0 saturated heterocycles. The van der Waals surface area contributed by atoms with Crippen molar-refractivity contribution in [3.05, 3.63) is 132 Å². The van der Waals surface area contributed by atoms with E-state index < -0.39 is 0 Å². The maximum atomic E-state index is 10.1. The van der Waals surface area contributed by atoms with Crippen molar-refractivity contribution < 1.29 is 4.42 Å². The third-order valence-corrected chi connectivity index (χ3v) is 9.10. The molecule has 8 rings (SSSR count). The van der Waals surface area contributed by atoms with E-state index in [0.29, 0.717) is 11.1 Å². The third kappa shape index (κ3) is 3.64. The molecule has 0 bridgehead atoms. The van der Waals surface area contributed by atoms with E-state index in [-0.39, 0.29) is 0 Å². The number of hydrogen-bond donors (Lipinski definition) is 0. The fourth-order valence-corrected chi connectivity index (χ4v) is 7.26. The van der Waals surface area contributed by atoms with Gasteiger partial charge in [0.25, 0.3) is 0 Å². The lowest BCUT2D eigenvalue weighted by Crippen LogP contribution is -1.92. The van der Waals surface area contributed by atoms with Gasteiger partial charge in [-0.05, 0) is 76.3 Å². The Balaban J connectivity index is 1.48. The summed E-state index contributed by atoms with van der Waals surface area (Å²) in [6.45, 7) is 0. The molecule has 6 aromatic carbocycles. The smallest absolute Gasteiger partial charge is 0.136 e. The van der Waals surface area contributed by atoms with Crippen LogP contribution in [0.25, 0.3) is 75.5 Å². The Morgan fingerprint density at radius 3 is 1.88 bits per heavy atom. The molecule has 0 unspecified atom stereocenters. The fourth-order valence-electron chi connectivity index (χ4n) is 6.13. The minimum absolute atomic E-state index is 0.371. The minimum atomic E-state index is 0.371. The molecule has 2 aromatic heterocycles. The molecule has 0 spiro atoms. The second kappa shape index (κ2) is 9.46. The van der Waals surface area contributed by atoms with Crippen LogP contribution < -0.4 is 0 Å². The first-order valence-electron chi connectivity index (χ1n) is 13.6. The Hall–Kier alpha value is -5.68. The quantitative estimate of drug-likeness (QED) is 0.219. The third-order valence-electron chi connectivity index (χ3n) is 7.97. The number of thiophene rings is 1. The Morgan fingerprint density at radius 2 is 1.10 bits per heavy atom. The summed E-state index contributed by atoms with van der Waals surface area (Å²) >= 11 is 1.80. The number of fused-ring (bicyclic) bond motifs is 6. The van der Waals surface area contributed by atoms with Gasteiger partial charge in [-0.2, -0.15) is 10.5 Å². The van der Waals surface area contributed by atoms with Crippen LogP contribution in [-0.2, 0) is 0 Å². The molecule has 8 aromatic rings. The molecular weight excluding hydrogens is 532 g/mol. The SMILES string of the molecule is N#Cc1cccc(-c2cc(-c3cccc4oc5ccccc5c34)cc(-c3cccc4sc5ccccc5c34)c2)c1C#N. The summed E-state index contributed by atoms with van der Waals surface area (Å²) in [5.74, 6) is 0.